The average molecular weight is 555 g/mol. The van der Waals surface area contributed by atoms with Gasteiger partial charge in [-0.3, -0.25) is 14.5 Å². The van der Waals surface area contributed by atoms with Crippen molar-refractivity contribution in [1.29, 1.82) is 0 Å². The molecule has 1 unspecified atom stereocenters. The van der Waals surface area contributed by atoms with Crippen LogP contribution in [0, 0.1) is 6.92 Å². The van der Waals surface area contributed by atoms with E-state index in [9.17, 15) is 14.7 Å². The van der Waals surface area contributed by atoms with Crippen molar-refractivity contribution in [1.82, 2.24) is 4.98 Å². The van der Waals surface area contributed by atoms with Crippen LogP contribution in [0.1, 0.15) is 41.1 Å². The predicted octanol–water partition coefficient (Wildman–Crippen LogP) is 6.93. The standard InChI is InChI=1S/C31H26N2O6S/c1-4-14-38-20-11-9-18(10-12-20)26-25(27(34)23-16-19-6-5-7-22(37-3)29(19)39-23)28(35)30(36)33(26)31-32-21-13-8-17(2)15-24(21)40-31/h5-13,15-16,26,35H,4,14H2,1-3H3. The molecule has 0 fully saturated rings. The number of carbonyl (C=O) groups excluding carboxylic acids is 2. The van der Waals surface area contributed by atoms with Gasteiger partial charge in [0.2, 0.25) is 5.78 Å². The highest BCUT2D eigenvalue weighted by molar-refractivity contribution is 7.22. The number of aliphatic hydroxyl groups is 1. The number of aliphatic hydroxyl groups excluding tert-OH is 1. The Balaban J connectivity index is 1.47. The molecule has 0 spiro atoms. The zero-order valence-electron chi connectivity index (χ0n) is 22.1. The van der Waals surface area contributed by atoms with Crippen LogP contribution < -0.4 is 14.4 Å². The first-order valence-corrected chi connectivity index (χ1v) is 13.7. The number of thiazole rings is 1. The number of benzene rings is 3. The highest BCUT2D eigenvalue weighted by Crippen LogP contribution is 2.45. The molecule has 1 aliphatic rings. The van der Waals surface area contributed by atoms with Gasteiger partial charge in [-0.1, -0.05) is 48.6 Å². The van der Waals surface area contributed by atoms with Gasteiger partial charge in [-0.05, 0) is 60.9 Å². The van der Waals surface area contributed by atoms with Crippen molar-refractivity contribution in [3.05, 3.63) is 94.9 Å². The van der Waals surface area contributed by atoms with Crippen LogP contribution in [0.4, 0.5) is 5.13 Å². The number of hydrogen-bond donors (Lipinski definition) is 1. The first-order valence-electron chi connectivity index (χ1n) is 12.9. The van der Waals surface area contributed by atoms with Crippen molar-refractivity contribution < 1.29 is 28.6 Å². The van der Waals surface area contributed by atoms with E-state index in [1.54, 1.807) is 48.5 Å². The third-order valence-electron chi connectivity index (χ3n) is 6.81. The minimum Gasteiger partial charge on any atom is -0.503 e. The minimum atomic E-state index is -0.933. The number of anilines is 1. The average Bonchev–Trinajstić information content (AvgIpc) is 3.65. The van der Waals surface area contributed by atoms with E-state index in [2.05, 4.69) is 4.98 Å². The van der Waals surface area contributed by atoms with Gasteiger partial charge in [-0.25, -0.2) is 4.98 Å². The fourth-order valence-corrected chi connectivity index (χ4v) is 5.97. The number of ether oxygens (including phenoxy) is 2. The molecule has 0 saturated carbocycles. The maximum atomic E-state index is 14.0. The SMILES string of the molecule is CCCOc1ccc(C2C(C(=O)c3cc4cccc(OC)c4o3)=C(O)C(=O)N2c2nc3ccc(C)cc3s2)cc1. The van der Waals surface area contributed by atoms with Gasteiger partial charge in [-0.15, -0.1) is 0 Å². The lowest BCUT2D eigenvalue weighted by atomic mass is 9.95. The van der Waals surface area contributed by atoms with Crippen LogP contribution in [0.3, 0.4) is 0 Å². The number of ketones is 1. The molecule has 202 valence electrons. The summed E-state index contributed by atoms with van der Waals surface area (Å²) in [6.07, 6.45) is 0.862. The molecule has 9 heteroatoms. The molecule has 1 aliphatic heterocycles. The Bertz CT molecular complexity index is 1800. The topological polar surface area (TPSA) is 102 Å². The van der Waals surface area contributed by atoms with Crippen molar-refractivity contribution in [3.63, 3.8) is 0 Å². The summed E-state index contributed by atoms with van der Waals surface area (Å²) in [5, 5.41) is 12.2. The molecule has 0 bridgehead atoms. The first kappa shape index (κ1) is 25.6. The summed E-state index contributed by atoms with van der Waals surface area (Å²) >= 11 is 1.33. The number of fused-ring (bicyclic) bond motifs is 2. The summed E-state index contributed by atoms with van der Waals surface area (Å²) in [5.74, 6) is -0.804. The second-order valence-corrected chi connectivity index (χ2v) is 10.6. The zero-order chi connectivity index (χ0) is 28.0. The van der Waals surface area contributed by atoms with E-state index in [0.717, 1.165) is 22.2 Å². The van der Waals surface area contributed by atoms with E-state index in [1.807, 2.05) is 32.0 Å². The van der Waals surface area contributed by atoms with Gasteiger partial charge in [0.1, 0.15) is 5.75 Å². The second-order valence-electron chi connectivity index (χ2n) is 9.54. The van der Waals surface area contributed by atoms with E-state index in [0.29, 0.717) is 39.8 Å². The summed E-state index contributed by atoms with van der Waals surface area (Å²) in [5.41, 5.74) is 2.73. The molecule has 1 amide bonds. The molecule has 3 aromatic carbocycles. The van der Waals surface area contributed by atoms with E-state index < -0.39 is 23.5 Å². The Morgan fingerprint density at radius 1 is 1.12 bits per heavy atom. The van der Waals surface area contributed by atoms with Crippen LogP contribution >= 0.6 is 11.3 Å². The van der Waals surface area contributed by atoms with E-state index in [4.69, 9.17) is 13.9 Å². The fraction of sp³-hybridized carbons (Fsp3) is 0.194. The number of carbonyl (C=O) groups is 2. The molecule has 2 aromatic heterocycles. The van der Waals surface area contributed by atoms with Crippen LogP contribution in [0.15, 0.2) is 82.5 Å². The first-order chi connectivity index (χ1) is 19.4. The van der Waals surface area contributed by atoms with Crippen LogP contribution in [-0.4, -0.2) is 35.5 Å². The molecule has 0 radical (unpaired) electrons. The van der Waals surface area contributed by atoms with Gasteiger partial charge in [0.05, 0.1) is 35.5 Å². The Hall–Kier alpha value is -4.63. The molecule has 6 rings (SSSR count). The number of rotatable bonds is 8. The summed E-state index contributed by atoms with van der Waals surface area (Å²) < 4.78 is 17.9. The molecule has 0 saturated heterocycles. The lowest BCUT2D eigenvalue weighted by Gasteiger charge is -2.24. The zero-order valence-corrected chi connectivity index (χ0v) is 23.0. The van der Waals surface area contributed by atoms with E-state index in [-0.39, 0.29) is 11.3 Å². The third kappa shape index (κ3) is 4.28. The molecular formula is C31H26N2O6S. The number of aromatic nitrogens is 1. The molecule has 40 heavy (non-hydrogen) atoms. The summed E-state index contributed by atoms with van der Waals surface area (Å²) in [6, 6.07) is 19.0. The number of nitrogens with zero attached hydrogens (tertiary/aromatic N) is 2. The van der Waals surface area contributed by atoms with Crippen LogP contribution in [0.5, 0.6) is 11.5 Å². The maximum Gasteiger partial charge on any atom is 0.296 e. The Kier molecular flexibility index (Phi) is 6.51. The monoisotopic (exact) mass is 554 g/mol. The summed E-state index contributed by atoms with van der Waals surface area (Å²) in [6.45, 7) is 4.57. The molecule has 1 atom stereocenters. The van der Waals surface area contributed by atoms with E-state index in [1.165, 1.54) is 23.3 Å². The number of hydrogen-bond acceptors (Lipinski definition) is 8. The number of methoxy groups -OCH3 is 1. The number of furan rings is 1. The Morgan fingerprint density at radius 2 is 1.93 bits per heavy atom. The minimum absolute atomic E-state index is 0.0106. The number of aryl methyl sites for hydroxylation is 1. The normalized spacial score (nSPS) is 15.4. The lowest BCUT2D eigenvalue weighted by Crippen LogP contribution is -2.30. The predicted molar refractivity (Wildman–Crippen MR) is 154 cm³/mol. The molecule has 1 N–H and O–H groups in total. The Labute approximate surface area is 234 Å². The van der Waals surface area contributed by atoms with Crippen molar-refractivity contribution >= 4 is 49.3 Å². The lowest BCUT2D eigenvalue weighted by molar-refractivity contribution is -0.117. The molecule has 3 heterocycles. The van der Waals surface area contributed by atoms with Crippen LogP contribution in [0.2, 0.25) is 0 Å². The third-order valence-corrected chi connectivity index (χ3v) is 7.83. The molecular weight excluding hydrogens is 528 g/mol. The number of amides is 1. The summed E-state index contributed by atoms with van der Waals surface area (Å²) in [7, 11) is 1.52. The number of para-hydroxylation sites is 1. The van der Waals surface area contributed by atoms with E-state index >= 15 is 0 Å². The van der Waals surface area contributed by atoms with Gasteiger partial charge in [0.15, 0.2) is 28.0 Å². The van der Waals surface area contributed by atoms with Gasteiger partial charge >= 0.3 is 0 Å². The van der Waals surface area contributed by atoms with Crippen LogP contribution in [-0.2, 0) is 4.79 Å². The van der Waals surface area contributed by atoms with Gasteiger partial charge in [-0.2, -0.15) is 0 Å². The molecule has 5 aromatic rings. The fourth-order valence-electron chi connectivity index (χ4n) is 4.88. The largest absolute Gasteiger partial charge is 0.503 e. The van der Waals surface area contributed by atoms with Crippen molar-refractivity contribution in [3.8, 4) is 11.5 Å². The maximum absolute atomic E-state index is 14.0. The van der Waals surface area contributed by atoms with Crippen molar-refractivity contribution in [2.75, 3.05) is 18.6 Å². The van der Waals surface area contributed by atoms with Gasteiger partial charge in [0, 0.05) is 5.39 Å². The molecule has 0 aliphatic carbocycles. The Morgan fingerprint density at radius 3 is 2.67 bits per heavy atom. The quantitative estimate of drug-likeness (QED) is 0.208. The van der Waals surface area contributed by atoms with Crippen molar-refractivity contribution in [2.45, 2.75) is 26.3 Å². The van der Waals surface area contributed by atoms with Crippen LogP contribution in [0.25, 0.3) is 21.2 Å². The highest BCUT2D eigenvalue weighted by Gasteiger charge is 2.46. The van der Waals surface area contributed by atoms with Gasteiger partial charge < -0.3 is 19.0 Å². The van der Waals surface area contributed by atoms with Gasteiger partial charge in [0.25, 0.3) is 5.91 Å². The molecule has 8 nitrogen and oxygen atoms in total. The summed E-state index contributed by atoms with van der Waals surface area (Å²) in [4.78, 5) is 33.7. The van der Waals surface area contributed by atoms with Crippen molar-refractivity contribution in [2.24, 2.45) is 0 Å². The highest BCUT2D eigenvalue weighted by atomic mass is 32.1. The number of Topliss-reactive ketones (excluding diaryl/α,β-unsaturated/α-hetero) is 1. The smallest absolute Gasteiger partial charge is 0.296 e. The second kappa shape index (κ2) is 10.2.